The summed E-state index contributed by atoms with van der Waals surface area (Å²) in [7, 11) is -4.39. The Hall–Kier alpha value is -2.14. The van der Waals surface area contributed by atoms with Crippen molar-refractivity contribution in [3.8, 4) is 0 Å². The molecule has 0 spiro atoms. The smallest absolute Gasteiger partial charge is 0.417 e. The Kier molecular flexibility index (Phi) is 6.15. The van der Waals surface area contributed by atoms with Crippen molar-refractivity contribution in [3.05, 3.63) is 29.8 Å². The SMILES string of the molecule is O=C(NC1(C(=O)O)CCCC1)C1CCN(S(=O)(=O)c2ccccc2C(F)(F)F)CC1. The van der Waals surface area contributed by atoms with Crippen molar-refractivity contribution in [2.45, 2.75) is 55.1 Å². The third-order valence-corrected chi connectivity index (χ3v) is 7.82. The molecule has 11 heteroatoms. The van der Waals surface area contributed by atoms with E-state index in [0.29, 0.717) is 25.7 Å². The minimum atomic E-state index is -4.81. The number of carbonyl (C=O) groups excluding carboxylic acids is 1. The van der Waals surface area contributed by atoms with Gasteiger partial charge in [0.15, 0.2) is 0 Å². The molecule has 1 aromatic carbocycles. The highest BCUT2D eigenvalue weighted by Gasteiger charge is 2.45. The maximum absolute atomic E-state index is 13.2. The number of nitrogens with zero attached hydrogens (tertiary/aromatic N) is 1. The molecule has 2 N–H and O–H groups in total. The second-order valence-corrected chi connectivity index (χ2v) is 9.66. The van der Waals surface area contributed by atoms with Gasteiger partial charge in [-0.15, -0.1) is 0 Å². The molecule has 1 saturated carbocycles. The summed E-state index contributed by atoms with van der Waals surface area (Å²) in [6, 6.07) is 4.00. The molecule has 0 atom stereocenters. The minimum absolute atomic E-state index is 0.106. The normalized spacial score (nSPS) is 20.8. The van der Waals surface area contributed by atoms with E-state index in [2.05, 4.69) is 5.32 Å². The van der Waals surface area contributed by atoms with E-state index in [1.54, 1.807) is 0 Å². The fourth-order valence-corrected chi connectivity index (χ4v) is 5.81. The van der Waals surface area contributed by atoms with Crippen molar-refractivity contribution >= 4 is 21.9 Å². The molecule has 0 aromatic heterocycles. The van der Waals surface area contributed by atoms with Gasteiger partial charge in [0.25, 0.3) is 0 Å². The number of alkyl halides is 3. The third-order valence-electron chi connectivity index (χ3n) is 5.86. The van der Waals surface area contributed by atoms with Crippen LogP contribution in [-0.2, 0) is 25.8 Å². The van der Waals surface area contributed by atoms with E-state index in [-0.39, 0.29) is 25.9 Å². The van der Waals surface area contributed by atoms with Crippen molar-refractivity contribution in [2.75, 3.05) is 13.1 Å². The van der Waals surface area contributed by atoms with E-state index in [9.17, 15) is 36.3 Å². The van der Waals surface area contributed by atoms with Crippen molar-refractivity contribution in [2.24, 2.45) is 5.92 Å². The highest BCUT2D eigenvalue weighted by Crippen LogP contribution is 2.36. The van der Waals surface area contributed by atoms with E-state index in [0.717, 1.165) is 22.5 Å². The van der Waals surface area contributed by atoms with Crippen LogP contribution < -0.4 is 5.32 Å². The highest BCUT2D eigenvalue weighted by atomic mass is 32.2. The Labute approximate surface area is 172 Å². The Morgan fingerprint density at radius 1 is 1.10 bits per heavy atom. The van der Waals surface area contributed by atoms with Crippen LogP contribution in [0, 0.1) is 5.92 Å². The van der Waals surface area contributed by atoms with Gasteiger partial charge in [0.1, 0.15) is 5.54 Å². The number of hydrogen-bond acceptors (Lipinski definition) is 4. The number of sulfonamides is 1. The summed E-state index contributed by atoms with van der Waals surface area (Å²) in [4.78, 5) is 23.4. The van der Waals surface area contributed by atoms with Crippen LogP contribution in [0.4, 0.5) is 13.2 Å². The molecule has 0 bridgehead atoms. The molecule has 0 radical (unpaired) electrons. The monoisotopic (exact) mass is 448 g/mol. The molecule has 0 unspecified atom stereocenters. The number of benzene rings is 1. The predicted octanol–water partition coefficient (Wildman–Crippen LogP) is 2.62. The Morgan fingerprint density at radius 3 is 2.20 bits per heavy atom. The Balaban J connectivity index is 1.70. The largest absolute Gasteiger partial charge is 0.480 e. The molecule has 1 aliphatic heterocycles. The lowest BCUT2D eigenvalue weighted by Crippen LogP contribution is -2.55. The highest BCUT2D eigenvalue weighted by molar-refractivity contribution is 7.89. The van der Waals surface area contributed by atoms with Crippen molar-refractivity contribution < 1.29 is 36.3 Å². The number of aliphatic carboxylic acids is 1. The lowest BCUT2D eigenvalue weighted by molar-refractivity contribution is -0.148. The van der Waals surface area contributed by atoms with Gasteiger partial charge in [0.2, 0.25) is 15.9 Å². The molecule has 166 valence electrons. The number of nitrogens with one attached hydrogen (secondary N) is 1. The standard InChI is InChI=1S/C19H23F3N2O5S/c20-19(21,22)14-5-1-2-6-15(14)30(28,29)24-11-7-13(8-12-24)16(25)23-18(17(26)27)9-3-4-10-18/h1-2,5-6,13H,3-4,7-12H2,(H,23,25)(H,26,27). The number of amides is 1. The number of rotatable bonds is 5. The predicted molar refractivity (Wildman–Crippen MR) is 99.9 cm³/mol. The van der Waals surface area contributed by atoms with Gasteiger partial charge < -0.3 is 10.4 Å². The molecular formula is C19H23F3N2O5S. The van der Waals surface area contributed by atoms with E-state index in [1.807, 2.05) is 0 Å². The molecule has 1 saturated heterocycles. The van der Waals surface area contributed by atoms with Crippen LogP contribution >= 0.6 is 0 Å². The van der Waals surface area contributed by atoms with Gasteiger partial charge in [0.05, 0.1) is 10.5 Å². The van der Waals surface area contributed by atoms with Crippen LogP contribution in [0.5, 0.6) is 0 Å². The fraction of sp³-hybridized carbons (Fsp3) is 0.579. The molecule has 3 rings (SSSR count). The summed E-state index contributed by atoms with van der Waals surface area (Å²) < 4.78 is 66.2. The van der Waals surface area contributed by atoms with Gasteiger partial charge in [-0.3, -0.25) is 4.79 Å². The zero-order chi connectivity index (χ0) is 22.2. The summed E-state index contributed by atoms with van der Waals surface area (Å²) in [6.07, 6.45) is -2.52. The zero-order valence-electron chi connectivity index (χ0n) is 16.1. The van der Waals surface area contributed by atoms with Crippen LogP contribution in [-0.4, -0.2) is 48.3 Å². The maximum Gasteiger partial charge on any atom is 0.417 e. The average molecular weight is 448 g/mol. The molecule has 7 nitrogen and oxygen atoms in total. The second kappa shape index (κ2) is 8.18. The third kappa shape index (κ3) is 4.31. The fourth-order valence-electron chi connectivity index (χ4n) is 4.13. The van der Waals surface area contributed by atoms with Crippen LogP contribution in [0.3, 0.4) is 0 Å². The molecule has 1 amide bonds. The van der Waals surface area contributed by atoms with Crippen molar-refractivity contribution in [1.82, 2.24) is 9.62 Å². The number of carboxylic acids is 1. The van der Waals surface area contributed by atoms with E-state index < -0.39 is 50.0 Å². The lowest BCUT2D eigenvalue weighted by atomic mass is 9.92. The van der Waals surface area contributed by atoms with E-state index in [4.69, 9.17) is 0 Å². The molecular weight excluding hydrogens is 425 g/mol. The van der Waals surface area contributed by atoms with Gasteiger partial charge in [0, 0.05) is 19.0 Å². The van der Waals surface area contributed by atoms with Crippen molar-refractivity contribution in [3.63, 3.8) is 0 Å². The van der Waals surface area contributed by atoms with Gasteiger partial charge in [-0.2, -0.15) is 17.5 Å². The first-order valence-corrected chi connectivity index (χ1v) is 11.1. The molecule has 1 heterocycles. The van der Waals surface area contributed by atoms with Crippen LogP contribution in [0.2, 0.25) is 0 Å². The zero-order valence-corrected chi connectivity index (χ0v) is 16.9. The number of piperidine rings is 1. The van der Waals surface area contributed by atoms with Gasteiger partial charge >= 0.3 is 12.1 Å². The topological polar surface area (TPSA) is 104 Å². The van der Waals surface area contributed by atoms with E-state index >= 15 is 0 Å². The minimum Gasteiger partial charge on any atom is -0.480 e. The van der Waals surface area contributed by atoms with E-state index in [1.165, 1.54) is 6.07 Å². The van der Waals surface area contributed by atoms with Gasteiger partial charge in [-0.25, -0.2) is 13.2 Å². The number of hydrogen-bond donors (Lipinski definition) is 2. The number of carbonyl (C=O) groups is 2. The Bertz CT molecular complexity index is 918. The lowest BCUT2D eigenvalue weighted by Gasteiger charge is -2.33. The molecule has 1 aromatic rings. The summed E-state index contributed by atoms with van der Waals surface area (Å²) in [5, 5.41) is 12.1. The summed E-state index contributed by atoms with van der Waals surface area (Å²) >= 11 is 0. The van der Waals surface area contributed by atoms with Crippen molar-refractivity contribution in [1.29, 1.82) is 0 Å². The van der Waals surface area contributed by atoms with Crippen LogP contribution in [0.15, 0.2) is 29.2 Å². The van der Waals surface area contributed by atoms with Crippen LogP contribution in [0.1, 0.15) is 44.1 Å². The first-order valence-electron chi connectivity index (χ1n) is 9.69. The van der Waals surface area contributed by atoms with Gasteiger partial charge in [-0.1, -0.05) is 25.0 Å². The quantitative estimate of drug-likeness (QED) is 0.721. The number of halogens is 3. The molecule has 2 aliphatic rings. The summed E-state index contributed by atoms with van der Waals surface area (Å²) in [5.41, 5.74) is -2.51. The second-order valence-electron chi connectivity index (χ2n) is 7.76. The maximum atomic E-state index is 13.2. The van der Waals surface area contributed by atoms with Crippen LogP contribution in [0.25, 0.3) is 0 Å². The first-order chi connectivity index (χ1) is 14.0. The average Bonchev–Trinajstić information content (AvgIpc) is 3.17. The Morgan fingerprint density at radius 2 is 1.67 bits per heavy atom. The molecule has 2 fully saturated rings. The molecule has 30 heavy (non-hydrogen) atoms. The number of carboxylic acid groups (broad SMARTS) is 1. The summed E-state index contributed by atoms with van der Waals surface area (Å²) in [6.45, 7) is -0.237. The molecule has 1 aliphatic carbocycles. The summed E-state index contributed by atoms with van der Waals surface area (Å²) in [5.74, 6) is -2.13. The first kappa shape index (κ1) is 22.5. The van der Waals surface area contributed by atoms with Gasteiger partial charge in [-0.05, 0) is 37.8 Å².